The van der Waals surface area contributed by atoms with Gasteiger partial charge in [-0.3, -0.25) is 9.59 Å². The average molecular weight is 1160 g/mol. The molecule has 8 unspecified atom stereocenters. The number of amides is 1. The van der Waals surface area contributed by atoms with E-state index in [1.165, 1.54) is 38.5 Å². The maximum absolute atomic E-state index is 13.4. The molecule has 1 amide bonds. The Morgan fingerprint density at radius 3 is 1.30 bits per heavy atom. The van der Waals surface area contributed by atoms with Crippen LogP contribution in [-0.2, 0) is 23.8 Å². The summed E-state index contributed by atoms with van der Waals surface area (Å²) in [6, 6.07) is -1.06. The lowest BCUT2D eigenvalue weighted by Gasteiger charge is -2.41. The van der Waals surface area contributed by atoms with E-state index in [1.54, 1.807) is 6.08 Å². The van der Waals surface area contributed by atoms with Gasteiger partial charge in [0, 0.05) is 6.42 Å². The molecule has 1 heterocycles. The Bertz CT molecular complexity index is 1910. The highest BCUT2D eigenvalue weighted by Gasteiger charge is 2.47. The van der Waals surface area contributed by atoms with Gasteiger partial charge in [-0.15, -0.1) is 0 Å². The van der Waals surface area contributed by atoms with Gasteiger partial charge in [-0.05, 0) is 122 Å². The van der Waals surface area contributed by atoms with Crippen molar-refractivity contribution >= 4 is 11.9 Å². The summed E-state index contributed by atoms with van der Waals surface area (Å²) in [6.45, 7) is 5.51. The Labute approximate surface area is 505 Å². The molecule has 1 rings (SSSR count). The van der Waals surface area contributed by atoms with Crippen molar-refractivity contribution in [1.29, 1.82) is 0 Å². The highest BCUT2D eigenvalue weighted by atomic mass is 16.7. The fraction of sp³-hybridized carbons (Fsp3) is 0.639. The molecular weight excluding hydrogens is 1040 g/mol. The van der Waals surface area contributed by atoms with Crippen LogP contribution in [0.4, 0.5) is 0 Å². The highest BCUT2D eigenvalue weighted by Crippen LogP contribution is 2.26. The van der Waals surface area contributed by atoms with Gasteiger partial charge in [-0.1, -0.05) is 250 Å². The maximum atomic E-state index is 13.4. The molecule has 11 heteroatoms. The molecule has 1 aliphatic heterocycles. The molecule has 83 heavy (non-hydrogen) atoms. The zero-order valence-electron chi connectivity index (χ0n) is 52.0. The lowest BCUT2D eigenvalue weighted by molar-refractivity contribution is -0.305. The van der Waals surface area contributed by atoms with Crippen molar-refractivity contribution in [3.63, 3.8) is 0 Å². The molecule has 0 saturated carbocycles. The number of nitrogens with one attached hydrogen (secondary N) is 1. The van der Waals surface area contributed by atoms with Gasteiger partial charge in [0.25, 0.3) is 0 Å². The van der Waals surface area contributed by atoms with Gasteiger partial charge in [0.15, 0.2) is 12.4 Å². The lowest BCUT2D eigenvalue weighted by Crippen LogP contribution is -2.61. The van der Waals surface area contributed by atoms with Gasteiger partial charge in [-0.2, -0.15) is 0 Å². The predicted molar refractivity (Wildman–Crippen MR) is 347 cm³/mol. The Morgan fingerprint density at radius 2 is 0.867 bits per heavy atom. The molecule has 1 saturated heterocycles. The Balaban J connectivity index is 2.65. The summed E-state index contributed by atoms with van der Waals surface area (Å²) >= 11 is 0. The van der Waals surface area contributed by atoms with Crippen molar-refractivity contribution in [1.82, 2.24) is 5.32 Å². The molecular formula is C72H117NO10. The van der Waals surface area contributed by atoms with Crippen LogP contribution in [0.3, 0.4) is 0 Å². The number of hydrogen-bond donors (Lipinski definition) is 6. The first-order valence-electron chi connectivity index (χ1n) is 32.6. The average Bonchev–Trinajstić information content (AvgIpc) is 3.67. The van der Waals surface area contributed by atoms with Crippen LogP contribution in [0.5, 0.6) is 0 Å². The lowest BCUT2D eigenvalue weighted by atomic mass is 9.99. The van der Waals surface area contributed by atoms with Crippen LogP contribution in [0.1, 0.15) is 233 Å². The van der Waals surface area contributed by atoms with Gasteiger partial charge in [0.05, 0.1) is 25.4 Å². The normalized spacial score (nSPS) is 19.5. The third-order valence-corrected chi connectivity index (χ3v) is 14.2. The minimum Gasteiger partial charge on any atom is -0.454 e. The second kappa shape index (κ2) is 57.9. The van der Waals surface area contributed by atoms with Gasteiger partial charge >= 0.3 is 5.97 Å². The fourth-order valence-corrected chi connectivity index (χ4v) is 9.15. The summed E-state index contributed by atoms with van der Waals surface area (Å²) in [4.78, 5) is 26.6. The summed E-state index contributed by atoms with van der Waals surface area (Å²) in [5, 5.41) is 57.0. The number of aliphatic hydroxyl groups excluding tert-OH is 5. The molecule has 1 aliphatic rings. The molecule has 0 spiro atoms. The highest BCUT2D eigenvalue weighted by molar-refractivity contribution is 5.80. The number of rotatable bonds is 53. The van der Waals surface area contributed by atoms with Crippen molar-refractivity contribution in [2.24, 2.45) is 0 Å². The number of aliphatic hydroxyl groups is 5. The van der Waals surface area contributed by atoms with Crippen molar-refractivity contribution in [2.45, 2.75) is 282 Å². The molecule has 0 bridgehead atoms. The summed E-state index contributed by atoms with van der Waals surface area (Å²) in [7, 11) is 0. The minimum atomic E-state index is -1.64. The molecule has 0 aromatic rings. The molecule has 0 aromatic heterocycles. The van der Waals surface area contributed by atoms with E-state index in [4.69, 9.17) is 14.2 Å². The van der Waals surface area contributed by atoms with Crippen molar-refractivity contribution in [3.05, 3.63) is 146 Å². The van der Waals surface area contributed by atoms with Crippen LogP contribution in [0, 0.1) is 0 Å². The molecule has 0 radical (unpaired) electrons. The van der Waals surface area contributed by atoms with Crippen LogP contribution >= 0.6 is 0 Å². The first kappa shape index (κ1) is 76.6. The quantitative estimate of drug-likeness (QED) is 0.0195. The molecule has 11 nitrogen and oxygen atoms in total. The van der Waals surface area contributed by atoms with Crippen LogP contribution in [0.25, 0.3) is 0 Å². The Morgan fingerprint density at radius 1 is 0.482 bits per heavy atom. The topological polar surface area (TPSA) is 175 Å². The van der Waals surface area contributed by atoms with E-state index in [0.717, 1.165) is 148 Å². The third kappa shape index (κ3) is 45.6. The van der Waals surface area contributed by atoms with E-state index in [0.29, 0.717) is 12.8 Å². The molecule has 1 fully saturated rings. The summed E-state index contributed by atoms with van der Waals surface area (Å²) in [5.41, 5.74) is 0. The van der Waals surface area contributed by atoms with Crippen molar-refractivity contribution in [2.75, 3.05) is 13.2 Å². The standard InChI is InChI=1S/C72H117NO10/c1-4-7-10-13-16-19-22-24-26-28-30-31-32-33-34-35-36-38-40-42-45-48-51-54-57-60-67(77)83-70-69(79)68(78)66(61-74)82-72(70)81-62-63(64(75)58-55-52-49-46-43-21-18-15-12-9-6-3)73-71(80)65(76)59-56-53-50-47-44-41-39-37-29-27-25-23-20-17-14-11-8-5-2/h7-8,10-11,16-17,19-20,24-27,30-31,33-34,36-39,44,47,55,58,63-66,68-70,72,74-76,78-79H,4-6,9,12-15,18,21-23,28-29,32,35,40-43,45-46,48-54,56-57,59-62H2,1-3H3,(H,73,80)/b10-7-,11-8-,19-16-,20-17-,26-24-,27-25-,31-30-,34-33-,38-36-,39-37-,47-44-,58-55+. The molecule has 0 aliphatic carbocycles. The Hall–Kier alpha value is -4.46. The summed E-state index contributed by atoms with van der Waals surface area (Å²) < 4.78 is 17.6. The van der Waals surface area contributed by atoms with E-state index in [-0.39, 0.29) is 19.4 Å². The second-order valence-corrected chi connectivity index (χ2v) is 21.7. The first-order chi connectivity index (χ1) is 40.7. The van der Waals surface area contributed by atoms with Gasteiger partial charge in [-0.25, -0.2) is 0 Å². The van der Waals surface area contributed by atoms with E-state index >= 15 is 0 Å². The summed E-state index contributed by atoms with van der Waals surface area (Å²) in [5.74, 6) is -1.26. The van der Waals surface area contributed by atoms with E-state index in [9.17, 15) is 35.1 Å². The fourth-order valence-electron chi connectivity index (χ4n) is 9.15. The number of allylic oxidation sites excluding steroid dienone is 23. The summed E-state index contributed by atoms with van der Waals surface area (Å²) in [6.07, 6.45) is 73.1. The molecule has 6 N–H and O–H groups in total. The Kier molecular flexibility index (Phi) is 53.4. The van der Waals surface area contributed by atoms with E-state index < -0.39 is 67.4 Å². The van der Waals surface area contributed by atoms with Crippen molar-refractivity contribution < 1.29 is 49.3 Å². The molecule has 0 aromatic carbocycles. The zero-order valence-corrected chi connectivity index (χ0v) is 52.0. The van der Waals surface area contributed by atoms with Crippen LogP contribution in [-0.4, -0.2) is 99.6 Å². The first-order valence-corrected chi connectivity index (χ1v) is 32.6. The number of unbranched alkanes of at least 4 members (excludes halogenated alkanes) is 17. The van der Waals surface area contributed by atoms with Crippen LogP contribution in [0.15, 0.2) is 146 Å². The van der Waals surface area contributed by atoms with Crippen LogP contribution in [0.2, 0.25) is 0 Å². The SMILES string of the molecule is CC/C=C\C/C=C\C/C=C\C/C=C\C/C=C\C/C=C\CCCCCCCCC(=O)OC1C(OCC(NC(=O)C(O)CCCC/C=C\C/C=C\C/C=C\C/C=C\C/C=C\CC)C(O)/C=C/CCCCCCCCCCC)OC(CO)C(O)C1O. The second-order valence-electron chi connectivity index (χ2n) is 21.7. The van der Waals surface area contributed by atoms with Crippen LogP contribution < -0.4 is 5.32 Å². The largest absolute Gasteiger partial charge is 0.454 e. The van der Waals surface area contributed by atoms with Gasteiger partial charge in [0.2, 0.25) is 5.91 Å². The zero-order chi connectivity index (χ0) is 60.3. The number of carbonyl (C=O) groups is 2. The van der Waals surface area contributed by atoms with Gasteiger partial charge in [0.1, 0.15) is 24.4 Å². The van der Waals surface area contributed by atoms with E-state index in [1.807, 2.05) is 6.08 Å². The number of esters is 1. The minimum absolute atomic E-state index is 0.0926. The number of hydrogen-bond acceptors (Lipinski definition) is 10. The predicted octanol–water partition coefficient (Wildman–Crippen LogP) is 16.2. The number of carbonyl (C=O) groups excluding carboxylic acids is 2. The monoisotopic (exact) mass is 1160 g/mol. The number of ether oxygens (including phenoxy) is 3. The molecule has 8 atom stereocenters. The van der Waals surface area contributed by atoms with Crippen molar-refractivity contribution in [3.8, 4) is 0 Å². The molecule has 470 valence electrons. The maximum Gasteiger partial charge on any atom is 0.306 e. The van der Waals surface area contributed by atoms with E-state index in [2.05, 4.69) is 160 Å². The smallest absolute Gasteiger partial charge is 0.306 e. The van der Waals surface area contributed by atoms with Gasteiger partial charge < -0.3 is 45.1 Å². The third-order valence-electron chi connectivity index (χ3n) is 14.2.